The molecule has 0 aliphatic heterocycles. The highest BCUT2D eigenvalue weighted by atomic mass is 35.5. The lowest BCUT2D eigenvalue weighted by molar-refractivity contribution is -0.121. The quantitative estimate of drug-likeness (QED) is 0.487. The summed E-state index contributed by atoms with van der Waals surface area (Å²) in [5.74, 6) is -0.722. The monoisotopic (exact) mass is 424 g/mol. The fourth-order valence-electron chi connectivity index (χ4n) is 3.07. The summed E-state index contributed by atoms with van der Waals surface area (Å²) in [6, 6.07) is 15.0. The Morgan fingerprint density at radius 3 is 2.69 bits per heavy atom. The van der Waals surface area contributed by atoms with Crippen molar-refractivity contribution < 1.29 is 9.59 Å². The topological polar surface area (TPSA) is 76.0 Å². The zero-order valence-corrected chi connectivity index (χ0v) is 17.1. The van der Waals surface area contributed by atoms with E-state index in [2.05, 4.69) is 15.8 Å². The van der Waals surface area contributed by atoms with E-state index in [0.29, 0.717) is 16.3 Å². The van der Waals surface area contributed by atoms with Crippen LogP contribution < -0.4 is 10.9 Å². The van der Waals surface area contributed by atoms with Gasteiger partial charge in [-0.15, -0.1) is 11.3 Å². The molecule has 0 saturated heterocycles. The third kappa shape index (κ3) is 4.01. The summed E-state index contributed by atoms with van der Waals surface area (Å²) in [7, 11) is 1.87. The second-order valence-corrected chi connectivity index (χ2v) is 7.74. The number of nitrogens with zero attached hydrogens (tertiary/aromatic N) is 2. The van der Waals surface area contributed by atoms with Crippen LogP contribution in [0, 0.1) is 0 Å². The molecule has 8 heteroatoms. The highest BCUT2D eigenvalue weighted by Gasteiger charge is 2.15. The Balaban J connectivity index is 1.39. The standard InChI is InChI=1S/C21H17ClN4O2S/c1-26-11-16(14-6-3-5-9-18(14)26)20(28)25-24-19(27)10-13-12-29-21(23-13)15-7-2-4-8-17(15)22/h2-9,11-12H,10H2,1H3,(H,24,27)(H,25,28). The molecular weight excluding hydrogens is 408 g/mol. The Hall–Kier alpha value is -3.16. The van der Waals surface area contributed by atoms with Gasteiger partial charge >= 0.3 is 0 Å². The van der Waals surface area contributed by atoms with Crippen molar-refractivity contribution in [3.05, 3.63) is 76.4 Å². The molecule has 146 valence electrons. The number of halogens is 1. The van der Waals surface area contributed by atoms with Gasteiger partial charge < -0.3 is 4.57 Å². The Morgan fingerprint density at radius 2 is 1.86 bits per heavy atom. The number of para-hydroxylation sites is 1. The molecule has 0 fully saturated rings. The van der Waals surface area contributed by atoms with Gasteiger partial charge in [0, 0.05) is 35.1 Å². The largest absolute Gasteiger partial charge is 0.350 e. The molecule has 2 N–H and O–H groups in total. The van der Waals surface area contributed by atoms with E-state index >= 15 is 0 Å². The second kappa shape index (κ2) is 8.06. The van der Waals surface area contributed by atoms with Gasteiger partial charge in [-0.2, -0.15) is 0 Å². The van der Waals surface area contributed by atoms with Crippen LogP contribution in [-0.4, -0.2) is 21.4 Å². The van der Waals surface area contributed by atoms with E-state index in [1.807, 2.05) is 59.5 Å². The van der Waals surface area contributed by atoms with Crippen molar-refractivity contribution >= 4 is 45.7 Å². The lowest BCUT2D eigenvalue weighted by Crippen LogP contribution is -2.42. The molecule has 4 rings (SSSR count). The molecule has 0 atom stereocenters. The van der Waals surface area contributed by atoms with Crippen LogP contribution in [-0.2, 0) is 18.3 Å². The Morgan fingerprint density at radius 1 is 1.10 bits per heavy atom. The molecule has 2 aromatic heterocycles. The molecule has 0 saturated carbocycles. The molecule has 0 aliphatic rings. The molecule has 2 heterocycles. The third-order valence-electron chi connectivity index (χ3n) is 4.45. The van der Waals surface area contributed by atoms with Crippen molar-refractivity contribution in [2.75, 3.05) is 0 Å². The highest BCUT2D eigenvalue weighted by Crippen LogP contribution is 2.30. The number of hydrazine groups is 1. The van der Waals surface area contributed by atoms with Crippen LogP contribution in [0.25, 0.3) is 21.5 Å². The fourth-order valence-corrected chi connectivity index (χ4v) is 4.21. The number of rotatable bonds is 4. The van der Waals surface area contributed by atoms with Crippen LogP contribution in [0.5, 0.6) is 0 Å². The molecule has 6 nitrogen and oxygen atoms in total. The average Bonchev–Trinajstić information content (AvgIpc) is 3.31. The SMILES string of the molecule is Cn1cc(C(=O)NNC(=O)Cc2csc(-c3ccccc3Cl)n2)c2ccccc21. The van der Waals surface area contributed by atoms with Gasteiger partial charge in [0.25, 0.3) is 5.91 Å². The zero-order valence-electron chi connectivity index (χ0n) is 15.5. The van der Waals surface area contributed by atoms with E-state index in [9.17, 15) is 9.59 Å². The molecule has 2 amide bonds. The number of aromatic nitrogens is 2. The summed E-state index contributed by atoms with van der Waals surface area (Å²) < 4.78 is 1.87. The third-order valence-corrected chi connectivity index (χ3v) is 5.71. The molecule has 29 heavy (non-hydrogen) atoms. The molecule has 0 radical (unpaired) electrons. The smallest absolute Gasteiger partial charge is 0.271 e. The predicted octanol–water partition coefficient (Wildman–Crippen LogP) is 3.96. The summed E-state index contributed by atoms with van der Waals surface area (Å²) in [5.41, 5.74) is 7.81. The van der Waals surface area contributed by atoms with Gasteiger partial charge in [0.05, 0.1) is 22.7 Å². The summed E-state index contributed by atoms with van der Waals surface area (Å²) >= 11 is 7.62. The van der Waals surface area contributed by atoms with Crippen LogP contribution in [0.15, 0.2) is 60.1 Å². The minimum atomic E-state index is -0.370. The van der Waals surface area contributed by atoms with Gasteiger partial charge in [-0.25, -0.2) is 4.98 Å². The Kier molecular flexibility index (Phi) is 5.33. The maximum absolute atomic E-state index is 12.5. The maximum Gasteiger partial charge on any atom is 0.271 e. The van der Waals surface area contributed by atoms with Gasteiger partial charge in [0.2, 0.25) is 5.91 Å². The molecule has 2 aromatic carbocycles. The number of hydrogen-bond acceptors (Lipinski definition) is 4. The predicted molar refractivity (Wildman–Crippen MR) is 115 cm³/mol. The summed E-state index contributed by atoms with van der Waals surface area (Å²) in [5, 5.41) is 3.99. The van der Waals surface area contributed by atoms with E-state index < -0.39 is 0 Å². The van der Waals surface area contributed by atoms with E-state index in [1.54, 1.807) is 12.3 Å². The lowest BCUT2D eigenvalue weighted by atomic mass is 10.2. The minimum Gasteiger partial charge on any atom is -0.350 e. The fraction of sp³-hybridized carbons (Fsp3) is 0.0952. The van der Waals surface area contributed by atoms with Crippen LogP contribution in [0.1, 0.15) is 16.1 Å². The van der Waals surface area contributed by atoms with Crippen molar-refractivity contribution in [3.8, 4) is 10.6 Å². The van der Waals surface area contributed by atoms with Gasteiger partial charge in [0.15, 0.2) is 0 Å². The van der Waals surface area contributed by atoms with E-state index in [1.165, 1.54) is 11.3 Å². The van der Waals surface area contributed by atoms with E-state index in [4.69, 9.17) is 11.6 Å². The zero-order chi connectivity index (χ0) is 20.4. The number of carbonyl (C=O) groups is 2. The van der Waals surface area contributed by atoms with Crippen molar-refractivity contribution in [2.45, 2.75) is 6.42 Å². The second-order valence-electron chi connectivity index (χ2n) is 6.47. The van der Waals surface area contributed by atoms with E-state index in [-0.39, 0.29) is 18.2 Å². The summed E-state index contributed by atoms with van der Waals surface area (Å²) in [6.45, 7) is 0. The van der Waals surface area contributed by atoms with Crippen molar-refractivity contribution in [2.24, 2.45) is 7.05 Å². The maximum atomic E-state index is 12.5. The number of amides is 2. The van der Waals surface area contributed by atoms with Gasteiger partial charge in [0.1, 0.15) is 5.01 Å². The summed E-state index contributed by atoms with van der Waals surface area (Å²) in [4.78, 5) is 29.2. The van der Waals surface area contributed by atoms with Crippen LogP contribution >= 0.6 is 22.9 Å². The Labute approximate surface area is 176 Å². The number of aryl methyl sites for hydroxylation is 1. The first-order valence-electron chi connectivity index (χ1n) is 8.85. The van der Waals surface area contributed by atoms with Gasteiger partial charge in [-0.3, -0.25) is 20.4 Å². The normalized spacial score (nSPS) is 10.8. The molecule has 0 unspecified atom stereocenters. The van der Waals surface area contributed by atoms with Crippen LogP contribution in [0.3, 0.4) is 0 Å². The van der Waals surface area contributed by atoms with E-state index in [0.717, 1.165) is 21.5 Å². The molecule has 4 aromatic rings. The van der Waals surface area contributed by atoms with Gasteiger partial charge in [-0.1, -0.05) is 48.0 Å². The first-order valence-corrected chi connectivity index (χ1v) is 10.1. The first-order chi connectivity index (χ1) is 14.0. The lowest BCUT2D eigenvalue weighted by Gasteiger charge is -2.06. The molecular formula is C21H17ClN4O2S. The molecule has 0 aliphatic carbocycles. The number of hydrogen-bond donors (Lipinski definition) is 2. The number of nitrogens with one attached hydrogen (secondary N) is 2. The van der Waals surface area contributed by atoms with Crippen LogP contribution in [0.2, 0.25) is 5.02 Å². The first kappa shape index (κ1) is 19.2. The number of fused-ring (bicyclic) bond motifs is 1. The Bertz CT molecular complexity index is 1210. The number of benzene rings is 2. The van der Waals surface area contributed by atoms with Crippen molar-refractivity contribution in [1.29, 1.82) is 0 Å². The van der Waals surface area contributed by atoms with Gasteiger partial charge in [-0.05, 0) is 12.1 Å². The van der Waals surface area contributed by atoms with Crippen molar-refractivity contribution in [1.82, 2.24) is 20.4 Å². The number of thiazole rings is 1. The molecule has 0 spiro atoms. The van der Waals surface area contributed by atoms with Crippen LogP contribution in [0.4, 0.5) is 0 Å². The average molecular weight is 425 g/mol. The van der Waals surface area contributed by atoms with Crippen molar-refractivity contribution in [3.63, 3.8) is 0 Å². The molecule has 0 bridgehead atoms. The number of carbonyl (C=O) groups excluding carboxylic acids is 2. The summed E-state index contributed by atoms with van der Waals surface area (Å²) in [6.07, 6.45) is 1.79. The minimum absolute atomic E-state index is 0.0524. The highest BCUT2D eigenvalue weighted by molar-refractivity contribution is 7.13.